The van der Waals surface area contributed by atoms with Crippen LogP contribution < -0.4 is 15.8 Å². The molecule has 1 unspecified atom stereocenters. The minimum atomic E-state index is -4.65. The molecule has 13 heteroatoms. The predicted octanol–water partition coefficient (Wildman–Crippen LogP) is 2.74. The number of halogens is 3. The predicted molar refractivity (Wildman–Crippen MR) is 128 cm³/mol. The third-order valence-electron chi connectivity index (χ3n) is 5.73. The molecule has 1 aliphatic heterocycles. The van der Waals surface area contributed by atoms with Crippen LogP contribution in [0.2, 0.25) is 0 Å². The van der Waals surface area contributed by atoms with Crippen LogP contribution in [0.3, 0.4) is 0 Å². The molecule has 1 fully saturated rings. The minimum absolute atomic E-state index is 0.0139. The van der Waals surface area contributed by atoms with E-state index in [0.717, 1.165) is 30.3 Å². The van der Waals surface area contributed by atoms with Crippen LogP contribution in [0.15, 0.2) is 28.7 Å². The van der Waals surface area contributed by atoms with E-state index in [1.165, 1.54) is 25.3 Å². The number of oxazole rings is 1. The molecule has 1 aromatic carbocycles. The molecule has 2 amide bonds. The Hall–Kier alpha value is -3.58. The number of alkyl halides is 3. The number of methoxy groups -OCH3 is 1. The lowest BCUT2D eigenvalue weighted by molar-refractivity contribution is -0.141. The molecule has 9 nitrogen and oxygen atoms in total. The number of amides is 2. The monoisotopic (exact) mass is 522 g/mol. The van der Waals surface area contributed by atoms with Gasteiger partial charge < -0.3 is 19.4 Å². The van der Waals surface area contributed by atoms with Crippen LogP contribution in [0.1, 0.15) is 40.2 Å². The topological polar surface area (TPSA) is 124 Å². The van der Waals surface area contributed by atoms with Gasteiger partial charge in [-0.2, -0.15) is 13.2 Å². The Morgan fingerprint density at radius 2 is 1.97 bits per heavy atom. The molecule has 36 heavy (non-hydrogen) atoms. The molecule has 0 radical (unpaired) electrons. The van der Waals surface area contributed by atoms with E-state index in [2.05, 4.69) is 21.2 Å². The summed E-state index contributed by atoms with van der Waals surface area (Å²) in [5.74, 6) is 2.85. The number of nitrogens with two attached hydrogens (primary N) is 1. The number of nitrogens with zero attached hydrogens (tertiary/aromatic N) is 3. The van der Waals surface area contributed by atoms with Crippen molar-refractivity contribution >= 4 is 39.9 Å². The number of fused-ring (bicyclic) bond motifs is 1. The van der Waals surface area contributed by atoms with E-state index in [1.54, 1.807) is 4.90 Å². The molecule has 2 aromatic heterocycles. The van der Waals surface area contributed by atoms with Crippen LogP contribution in [-0.2, 0) is 22.3 Å². The molecule has 1 saturated heterocycles. The van der Waals surface area contributed by atoms with Gasteiger partial charge in [-0.05, 0) is 37.1 Å². The first-order valence-electron chi connectivity index (χ1n) is 10.9. The minimum Gasteiger partial charge on any atom is -0.494 e. The zero-order valence-corrected chi connectivity index (χ0v) is 20.0. The number of nitrogens with one attached hydrogen (secondary N) is 1. The van der Waals surface area contributed by atoms with Crippen LogP contribution in [0.4, 0.5) is 13.2 Å². The average molecular weight is 523 g/mol. The van der Waals surface area contributed by atoms with Crippen molar-refractivity contribution in [2.45, 2.75) is 24.4 Å². The Labute approximate surface area is 207 Å². The first-order chi connectivity index (χ1) is 17.1. The number of likely N-dealkylation sites (tertiary alicyclic amines) is 1. The summed E-state index contributed by atoms with van der Waals surface area (Å²) in [6.45, 7) is 1.07. The second kappa shape index (κ2) is 10.2. The van der Waals surface area contributed by atoms with Crippen LogP contribution >= 0.6 is 0 Å². The highest BCUT2D eigenvalue weighted by Crippen LogP contribution is 2.37. The van der Waals surface area contributed by atoms with Gasteiger partial charge in [-0.15, -0.1) is 0 Å². The van der Waals surface area contributed by atoms with Crippen molar-refractivity contribution in [3.8, 4) is 17.2 Å². The van der Waals surface area contributed by atoms with Gasteiger partial charge in [0.05, 0.1) is 13.7 Å². The van der Waals surface area contributed by atoms with E-state index < -0.39 is 23.2 Å². The SMILES string of the molecule is C=[S+]C(N)c1oc(-c2ccc(OC)c3nc(C(F)(F)F)ccc23)nc1C(=O)NCC(=O)N1CCCC1. The Balaban J connectivity index is 1.72. The average Bonchev–Trinajstić information content (AvgIpc) is 3.56. The van der Waals surface area contributed by atoms with Crippen LogP contribution in [-0.4, -0.2) is 59.3 Å². The Bertz CT molecular complexity index is 1320. The van der Waals surface area contributed by atoms with Gasteiger partial charge in [0.15, 0.2) is 22.9 Å². The van der Waals surface area contributed by atoms with Crippen molar-refractivity contribution in [1.82, 2.24) is 20.2 Å². The highest BCUT2D eigenvalue weighted by molar-refractivity contribution is 7.76. The first kappa shape index (κ1) is 25.5. The largest absolute Gasteiger partial charge is 0.494 e. The third kappa shape index (κ3) is 5.02. The van der Waals surface area contributed by atoms with Gasteiger partial charge in [0, 0.05) is 24.0 Å². The molecule has 1 atom stereocenters. The van der Waals surface area contributed by atoms with Crippen molar-refractivity contribution in [3.05, 3.63) is 41.4 Å². The number of hydrogen-bond donors (Lipinski definition) is 2. The van der Waals surface area contributed by atoms with Gasteiger partial charge in [-0.3, -0.25) is 15.3 Å². The number of aromatic nitrogens is 2. The maximum Gasteiger partial charge on any atom is 0.433 e. The van der Waals surface area contributed by atoms with Crippen molar-refractivity contribution in [2.24, 2.45) is 5.73 Å². The maximum absolute atomic E-state index is 13.2. The summed E-state index contributed by atoms with van der Waals surface area (Å²) in [5, 5.41) is 1.95. The van der Waals surface area contributed by atoms with Crippen LogP contribution in [0, 0.1) is 0 Å². The van der Waals surface area contributed by atoms with E-state index in [0.29, 0.717) is 13.1 Å². The maximum atomic E-state index is 13.2. The number of ether oxygens (including phenoxy) is 1. The Morgan fingerprint density at radius 3 is 2.61 bits per heavy atom. The fourth-order valence-corrected chi connectivity index (χ4v) is 4.21. The van der Waals surface area contributed by atoms with Gasteiger partial charge in [0.2, 0.25) is 17.6 Å². The quantitative estimate of drug-likeness (QED) is 0.278. The lowest BCUT2D eigenvalue weighted by Crippen LogP contribution is -2.39. The molecule has 0 aliphatic carbocycles. The van der Waals surface area contributed by atoms with E-state index >= 15 is 0 Å². The Kier molecular flexibility index (Phi) is 7.22. The standard InChI is InChI=1S/C23H22F3N5O4S/c1-34-14-7-5-13(12-6-8-15(23(24,25)26)29-17(12)14)22-30-18(19(35-22)20(27)36-2)21(33)28-11-16(32)31-9-3-4-10-31/h5-8,20H,2-4,9-11,27H2,1H3/p+1. The summed E-state index contributed by atoms with van der Waals surface area (Å²) >= 11 is 0.959. The summed E-state index contributed by atoms with van der Waals surface area (Å²) in [6.07, 6.45) is -2.82. The smallest absolute Gasteiger partial charge is 0.433 e. The van der Waals surface area contributed by atoms with E-state index in [4.69, 9.17) is 14.9 Å². The fourth-order valence-electron chi connectivity index (χ4n) is 3.90. The lowest BCUT2D eigenvalue weighted by atomic mass is 10.1. The van der Waals surface area contributed by atoms with Gasteiger partial charge >= 0.3 is 6.18 Å². The summed E-state index contributed by atoms with van der Waals surface area (Å²) in [4.78, 5) is 34.9. The number of rotatable bonds is 7. The molecule has 0 saturated carbocycles. The second-order valence-electron chi connectivity index (χ2n) is 8.00. The zero-order valence-electron chi connectivity index (χ0n) is 19.2. The summed E-state index contributed by atoms with van der Waals surface area (Å²) in [7, 11) is 1.32. The van der Waals surface area contributed by atoms with E-state index in [1.807, 2.05) is 0 Å². The van der Waals surface area contributed by atoms with Gasteiger partial charge in [-0.25, -0.2) is 9.97 Å². The van der Waals surface area contributed by atoms with Gasteiger partial charge in [0.25, 0.3) is 11.3 Å². The lowest BCUT2D eigenvalue weighted by Gasteiger charge is -2.15. The highest BCUT2D eigenvalue weighted by Gasteiger charge is 2.34. The van der Waals surface area contributed by atoms with Crippen molar-refractivity contribution in [3.63, 3.8) is 0 Å². The zero-order chi connectivity index (χ0) is 26.0. The van der Waals surface area contributed by atoms with Crippen molar-refractivity contribution in [2.75, 3.05) is 26.7 Å². The number of benzene rings is 1. The van der Waals surface area contributed by atoms with Gasteiger partial charge in [-0.1, -0.05) is 0 Å². The normalized spacial score (nSPS) is 14.6. The molecular weight excluding hydrogens is 499 g/mol. The molecule has 4 rings (SSSR count). The number of carbonyl (C=O) groups excluding carboxylic acids is 2. The first-order valence-corrected chi connectivity index (χ1v) is 12.0. The fraction of sp³-hybridized carbons (Fsp3) is 0.348. The third-order valence-corrected chi connectivity index (χ3v) is 6.30. The second-order valence-corrected chi connectivity index (χ2v) is 8.84. The van der Waals surface area contributed by atoms with Crippen molar-refractivity contribution in [1.29, 1.82) is 0 Å². The molecule has 3 N–H and O–H groups in total. The summed E-state index contributed by atoms with van der Waals surface area (Å²) in [5.41, 5.74) is 5.05. The highest BCUT2D eigenvalue weighted by atomic mass is 32.1. The molecular formula is C23H23F3N5O4S+. The summed E-state index contributed by atoms with van der Waals surface area (Å²) < 4.78 is 50.8. The van der Waals surface area contributed by atoms with E-state index in [-0.39, 0.29) is 52.0 Å². The van der Waals surface area contributed by atoms with Crippen LogP contribution in [0.5, 0.6) is 5.75 Å². The number of pyridine rings is 1. The number of carbonyl (C=O) groups is 2. The molecule has 0 bridgehead atoms. The molecule has 0 spiro atoms. The number of hydrogen-bond acceptors (Lipinski definition) is 7. The molecule has 190 valence electrons. The van der Waals surface area contributed by atoms with Crippen LogP contribution in [0.25, 0.3) is 22.4 Å². The molecule has 1 aliphatic rings. The van der Waals surface area contributed by atoms with E-state index in [9.17, 15) is 22.8 Å². The molecule has 3 heterocycles. The molecule has 3 aromatic rings. The Morgan fingerprint density at radius 1 is 1.25 bits per heavy atom. The summed E-state index contributed by atoms with van der Waals surface area (Å²) in [6, 6.07) is 5.04. The van der Waals surface area contributed by atoms with Crippen molar-refractivity contribution < 1.29 is 31.9 Å². The van der Waals surface area contributed by atoms with Gasteiger partial charge in [0.1, 0.15) is 17.0 Å².